The highest BCUT2D eigenvalue weighted by molar-refractivity contribution is 6.11. The van der Waals surface area contributed by atoms with Crippen molar-refractivity contribution in [1.82, 2.24) is 20.5 Å². The minimum absolute atomic E-state index is 0.00806. The zero-order valence-corrected chi connectivity index (χ0v) is 23.4. The number of pyridine rings is 1. The number of ketones is 1. The second kappa shape index (κ2) is 10.4. The van der Waals surface area contributed by atoms with Crippen LogP contribution in [0.4, 0.5) is 10.2 Å². The number of halogens is 1. The van der Waals surface area contributed by atoms with Crippen molar-refractivity contribution in [2.45, 2.75) is 57.3 Å². The molecule has 2 aromatic heterocycles. The topological polar surface area (TPSA) is 120 Å². The van der Waals surface area contributed by atoms with Crippen molar-refractivity contribution in [3.05, 3.63) is 71.4 Å². The number of aromatic amines is 1. The van der Waals surface area contributed by atoms with Crippen molar-refractivity contribution in [3.8, 4) is 11.1 Å². The number of carbonyl (C=O) groups is 2. The average molecular weight is 568 g/mol. The number of allylic oxidation sites excluding steroid dienone is 1. The van der Waals surface area contributed by atoms with Gasteiger partial charge in [0, 0.05) is 47.3 Å². The van der Waals surface area contributed by atoms with Gasteiger partial charge < -0.3 is 10.4 Å². The van der Waals surface area contributed by atoms with Gasteiger partial charge in [0.25, 0.3) is 5.91 Å². The first-order chi connectivity index (χ1) is 20.4. The molecular weight excluding hydrogens is 533 g/mol. The molecule has 3 saturated carbocycles. The summed E-state index contributed by atoms with van der Waals surface area (Å²) in [6.07, 6.45) is 13.0. The van der Waals surface area contributed by atoms with Crippen LogP contribution in [0.25, 0.3) is 17.2 Å². The number of aliphatic hydroxyl groups is 1. The van der Waals surface area contributed by atoms with Crippen LogP contribution in [0.1, 0.15) is 79.0 Å². The van der Waals surface area contributed by atoms with E-state index in [0.717, 1.165) is 61.8 Å². The third-order valence-corrected chi connectivity index (χ3v) is 9.76. The maximum absolute atomic E-state index is 13.8. The lowest BCUT2D eigenvalue weighted by Gasteiger charge is -2.41. The van der Waals surface area contributed by atoms with E-state index >= 15 is 0 Å². The van der Waals surface area contributed by atoms with E-state index in [9.17, 15) is 19.1 Å². The summed E-state index contributed by atoms with van der Waals surface area (Å²) in [7, 11) is 0. The lowest BCUT2D eigenvalue weighted by Crippen LogP contribution is -2.43. The van der Waals surface area contributed by atoms with Crippen molar-refractivity contribution in [3.63, 3.8) is 0 Å². The molecule has 1 spiro atoms. The standard InChI is InChI=1S/C33H34FN5O3/c34-22-5-3-4-20(14-22)21-6-7-23(35-17-21)8-9-24-27-25(15-32(16-26(27)41)10-1-2-11-32)37-30-28(24)29(38-39-30)31(42)36-18-33(19-40)12-13-33/h3-9,14,17,24,27,40H,1-2,10-13,15-16,18-19H2,(H,36,42)(H,38,39)/b9-8+/t24-,27?/m0/s1. The van der Waals surface area contributed by atoms with Crippen LogP contribution in [0.3, 0.4) is 0 Å². The fourth-order valence-corrected chi connectivity index (χ4v) is 7.11. The molecule has 4 aliphatic rings. The number of nitrogens with zero attached hydrogens (tertiary/aromatic N) is 3. The molecule has 3 N–H and O–H groups in total. The van der Waals surface area contributed by atoms with Gasteiger partial charge in [0.15, 0.2) is 5.82 Å². The Morgan fingerprint density at radius 1 is 1.12 bits per heavy atom. The molecule has 8 nitrogen and oxygen atoms in total. The number of H-pyrrole nitrogens is 1. The number of hydrogen-bond donors (Lipinski definition) is 3. The second-order valence-electron chi connectivity index (χ2n) is 12.7. The molecule has 42 heavy (non-hydrogen) atoms. The van der Waals surface area contributed by atoms with Gasteiger partial charge in [0.05, 0.1) is 18.2 Å². The van der Waals surface area contributed by atoms with E-state index in [1.54, 1.807) is 12.3 Å². The van der Waals surface area contributed by atoms with Crippen LogP contribution < -0.4 is 5.32 Å². The number of aliphatic imine (C=N–C) groups is 1. The Labute approximate surface area is 243 Å². The third-order valence-electron chi connectivity index (χ3n) is 9.76. The quantitative estimate of drug-likeness (QED) is 0.347. The van der Waals surface area contributed by atoms with Crippen LogP contribution in [0.15, 0.2) is 53.7 Å². The van der Waals surface area contributed by atoms with Gasteiger partial charge in [-0.3, -0.25) is 19.7 Å². The molecule has 9 heteroatoms. The number of nitrogens with one attached hydrogen (secondary N) is 2. The van der Waals surface area contributed by atoms with Gasteiger partial charge in [-0.1, -0.05) is 37.1 Å². The van der Waals surface area contributed by atoms with Gasteiger partial charge in [-0.15, -0.1) is 0 Å². The molecule has 1 unspecified atom stereocenters. The first-order valence-corrected chi connectivity index (χ1v) is 14.9. The monoisotopic (exact) mass is 567 g/mol. The SMILES string of the molecule is O=C(NCC1(CO)CC1)c1[nH]nc2c1[C@@H](/C=C/c1ccc(-c3cccc(F)c3)cn1)C1C(=O)CC3(CCCC3)CC1=N2. The number of hydrogen-bond acceptors (Lipinski definition) is 6. The molecule has 1 aromatic carbocycles. The van der Waals surface area contributed by atoms with E-state index < -0.39 is 11.8 Å². The number of Topliss-reactive ketones (excluding diaryl/α,β-unsaturated/α-hetero) is 1. The Bertz CT molecular complexity index is 1600. The van der Waals surface area contributed by atoms with Gasteiger partial charge in [-0.25, -0.2) is 9.38 Å². The minimum atomic E-state index is -0.456. The van der Waals surface area contributed by atoms with E-state index in [4.69, 9.17) is 4.99 Å². The molecule has 216 valence electrons. The van der Waals surface area contributed by atoms with Crippen LogP contribution in [-0.4, -0.2) is 50.8 Å². The molecule has 3 fully saturated rings. The molecular formula is C33H34FN5O3. The predicted molar refractivity (Wildman–Crippen MR) is 157 cm³/mol. The van der Waals surface area contributed by atoms with Crippen LogP contribution in [-0.2, 0) is 4.79 Å². The Balaban J connectivity index is 1.21. The first-order valence-electron chi connectivity index (χ1n) is 14.9. The second-order valence-corrected chi connectivity index (χ2v) is 12.7. The molecule has 7 rings (SSSR count). The molecule has 3 aliphatic carbocycles. The largest absolute Gasteiger partial charge is 0.396 e. The third kappa shape index (κ3) is 4.89. The summed E-state index contributed by atoms with van der Waals surface area (Å²) in [5.74, 6) is -0.864. The molecule has 0 saturated heterocycles. The van der Waals surface area contributed by atoms with E-state index in [1.165, 1.54) is 12.1 Å². The van der Waals surface area contributed by atoms with Gasteiger partial charge in [0.1, 0.15) is 17.3 Å². The van der Waals surface area contributed by atoms with Crippen LogP contribution in [0.2, 0.25) is 0 Å². The molecule has 0 bridgehead atoms. The normalized spacial score (nSPS) is 23.5. The van der Waals surface area contributed by atoms with Crippen molar-refractivity contribution in [1.29, 1.82) is 0 Å². The number of fused-ring (bicyclic) bond motifs is 2. The predicted octanol–water partition coefficient (Wildman–Crippen LogP) is 5.54. The van der Waals surface area contributed by atoms with E-state index in [0.29, 0.717) is 35.7 Å². The number of aliphatic hydroxyl groups excluding tert-OH is 1. The van der Waals surface area contributed by atoms with Crippen molar-refractivity contribution in [2.75, 3.05) is 13.2 Å². The van der Waals surface area contributed by atoms with Crippen LogP contribution in [0.5, 0.6) is 0 Å². The zero-order chi connectivity index (χ0) is 28.9. The fourth-order valence-electron chi connectivity index (χ4n) is 7.11. The molecule has 3 aromatic rings. The average Bonchev–Trinajstić information content (AvgIpc) is 3.44. The number of amides is 1. The smallest absolute Gasteiger partial charge is 0.269 e. The summed E-state index contributed by atoms with van der Waals surface area (Å²) in [4.78, 5) is 36.7. The van der Waals surface area contributed by atoms with Crippen molar-refractivity contribution in [2.24, 2.45) is 21.7 Å². The number of rotatable bonds is 7. The highest BCUT2D eigenvalue weighted by Crippen LogP contribution is 2.53. The first kappa shape index (κ1) is 26.9. The maximum atomic E-state index is 13.8. The highest BCUT2D eigenvalue weighted by atomic mass is 19.1. The highest BCUT2D eigenvalue weighted by Gasteiger charge is 2.50. The maximum Gasteiger partial charge on any atom is 0.269 e. The van der Waals surface area contributed by atoms with Gasteiger partial charge in [-0.2, -0.15) is 5.10 Å². The lowest BCUT2D eigenvalue weighted by atomic mass is 9.63. The number of carbonyl (C=O) groups excluding carboxylic acids is 2. The fraction of sp³-hybridized carbons (Fsp3) is 0.424. The minimum Gasteiger partial charge on any atom is -0.396 e. The summed E-state index contributed by atoms with van der Waals surface area (Å²) in [5, 5.41) is 20.0. The molecule has 0 radical (unpaired) electrons. The summed E-state index contributed by atoms with van der Waals surface area (Å²) < 4.78 is 13.7. The zero-order valence-electron chi connectivity index (χ0n) is 23.4. The summed E-state index contributed by atoms with van der Waals surface area (Å²) in [6.45, 7) is 0.425. The Morgan fingerprint density at radius 2 is 1.95 bits per heavy atom. The lowest BCUT2D eigenvalue weighted by molar-refractivity contribution is -0.124. The van der Waals surface area contributed by atoms with Gasteiger partial charge in [0.2, 0.25) is 0 Å². The van der Waals surface area contributed by atoms with Gasteiger partial charge >= 0.3 is 0 Å². The van der Waals surface area contributed by atoms with Crippen molar-refractivity contribution >= 4 is 29.3 Å². The van der Waals surface area contributed by atoms with E-state index in [-0.39, 0.29) is 34.9 Å². The molecule has 3 heterocycles. The Morgan fingerprint density at radius 3 is 2.67 bits per heavy atom. The summed E-state index contributed by atoms with van der Waals surface area (Å²) in [5.41, 5.74) is 3.77. The molecule has 1 aliphatic heterocycles. The van der Waals surface area contributed by atoms with Gasteiger partial charge in [-0.05, 0) is 67.4 Å². The van der Waals surface area contributed by atoms with Crippen LogP contribution >= 0.6 is 0 Å². The van der Waals surface area contributed by atoms with Crippen molar-refractivity contribution < 1.29 is 19.1 Å². The Hall–Kier alpha value is -3.98. The molecule has 2 atom stereocenters. The number of aromatic nitrogens is 3. The van der Waals surface area contributed by atoms with E-state index in [2.05, 4.69) is 20.5 Å². The number of benzene rings is 1. The Kier molecular flexibility index (Phi) is 6.65. The van der Waals surface area contributed by atoms with E-state index in [1.807, 2.05) is 30.4 Å². The molecule has 1 amide bonds. The van der Waals surface area contributed by atoms with Crippen LogP contribution in [0, 0.1) is 22.6 Å². The summed E-state index contributed by atoms with van der Waals surface area (Å²) >= 11 is 0. The summed E-state index contributed by atoms with van der Waals surface area (Å²) in [6, 6.07) is 10.1.